The molecule has 0 aliphatic heterocycles. The Morgan fingerprint density at radius 1 is 1.59 bits per heavy atom. The van der Waals surface area contributed by atoms with E-state index in [9.17, 15) is 10.1 Å². The highest BCUT2D eigenvalue weighted by atomic mass is 16.6. The maximum atomic E-state index is 10.8. The third-order valence-electron chi connectivity index (χ3n) is 2.71. The van der Waals surface area contributed by atoms with E-state index in [-0.39, 0.29) is 16.7 Å². The zero-order chi connectivity index (χ0) is 12.8. The third-order valence-corrected chi connectivity index (χ3v) is 2.71. The van der Waals surface area contributed by atoms with Crippen molar-refractivity contribution in [3.63, 3.8) is 0 Å². The van der Waals surface area contributed by atoms with Crippen LogP contribution in [0.2, 0.25) is 0 Å². The fourth-order valence-electron chi connectivity index (χ4n) is 1.68. The fourth-order valence-corrected chi connectivity index (χ4v) is 1.68. The van der Waals surface area contributed by atoms with Gasteiger partial charge in [0.2, 0.25) is 0 Å². The van der Waals surface area contributed by atoms with Gasteiger partial charge in [-0.15, -0.1) is 6.58 Å². The molecule has 0 radical (unpaired) electrons. The Morgan fingerprint density at radius 2 is 2.29 bits per heavy atom. The molecule has 0 amide bonds. The van der Waals surface area contributed by atoms with Gasteiger partial charge in [0.1, 0.15) is 0 Å². The Labute approximate surface area is 101 Å². The van der Waals surface area contributed by atoms with E-state index in [0.29, 0.717) is 5.56 Å². The number of nitrogens with zero attached hydrogens (tertiary/aromatic N) is 1. The van der Waals surface area contributed by atoms with Gasteiger partial charge in [0.15, 0.2) is 0 Å². The number of allylic oxidation sites excluding steroid dienone is 1. The van der Waals surface area contributed by atoms with Crippen LogP contribution in [0.25, 0.3) is 0 Å². The Morgan fingerprint density at radius 3 is 2.88 bits per heavy atom. The number of nitrogens with one attached hydrogen (secondary N) is 1. The molecule has 17 heavy (non-hydrogen) atoms. The van der Waals surface area contributed by atoms with Crippen LogP contribution in [-0.4, -0.2) is 11.0 Å². The molecule has 1 aromatic carbocycles. The normalized spacial score (nSPS) is 11.9. The lowest BCUT2D eigenvalue weighted by atomic mass is 10.1. The molecule has 0 aliphatic carbocycles. The molecule has 0 fully saturated rings. The van der Waals surface area contributed by atoms with E-state index in [2.05, 4.69) is 18.8 Å². The minimum Gasteiger partial charge on any atom is -0.382 e. The van der Waals surface area contributed by atoms with Crippen LogP contribution in [0.4, 0.5) is 11.4 Å². The minimum atomic E-state index is -0.352. The Bertz CT molecular complexity index is 416. The Balaban J connectivity index is 2.81. The molecule has 0 aromatic heterocycles. The van der Waals surface area contributed by atoms with Gasteiger partial charge in [-0.05, 0) is 32.8 Å². The highest BCUT2D eigenvalue weighted by Gasteiger charge is 2.13. The second-order valence-corrected chi connectivity index (χ2v) is 4.12. The smallest absolute Gasteiger partial charge is 0.274 e. The number of hydrogen-bond acceptors (Lipinski definition) is 3. The molecule has 0 heterocycles. The Kier molecular flexibility index (Phi) is 4.69. The molecular weight excluding hydrogens is 216 g/mol. The summed E-state index contributed by atoms with van der Waals surface area (Å²) < 4.78 is 0. The second kappa shape index (κ2) is 6.03. The molecule has 1 unspecified atom stereocenters. The number of nitro groups is 1. The Hall–Kier alpha value is -1.84. The second-order valence-electron chi connectivity index (χ2n) is 4.12. The first-order valence-electron chi connectivity index (χ1n) is 5.67. The van der Waals surface area contributed by atoms with Crippen molar-refractivity contribution >= 4 is 11.4 Å². The molecule has 4 nitrogen and oxygen atoms in total. The summed E-state index contributed by atoms with van der Waals surface area (Å²) in [6.07, 6.45) is 3.77. The van der Waals surface area contributed by atoms with E-state index in [0.717, 1.165) is 18.5 Å². The van der Waals surface area contributed by atoms with Crippen molar-refractivity contribution < 1.29 is 4.92 Å². The largest absolute Gasteiger partial charge is 0.382 e. The zero-order valence-electron chi connectivity index (χ0n) is 10.3. The van der Waals surface area contributed by atoms with Crippen LogP contribution in [0.15, 0.2) is 30.9 Å². The number of anilines is 1. The van der Waals surface area contributed by atoms with Crippen LogP contribution in [0.5, 0.6) is 0 Å². The van der Waals surface area contributed by atoms with Crippen molar-refractivity contribution in [2.24, 2.45) is 0 Å². The first-order valence-corrected chi connectivity index (χ1v) is 5.67. The highest BCUT2D eigenvalue weighted by Crippen LogP contribution is 2.25. The van der Waals surface area contributed by atoms with Gasteiger partial charge in [0.05, 0.1) is 4.92 Å². The molecule has 0 bridgehead atoms. The first kappa shape index (κ1) is 13.2. The zero-order valence-corrected chi connectivity index (χ0v) is 10.3. The van der Waals surface area contributed by atoms with Gasteiger partial charge < -0.3 is 5.32 Å². The van der Waals surface area contributed by atoms with Gasteiger partial charge in [-0.1, -0.05) is 12.1 Å². The van der Waals surface area contributed by atoms with Crippen molar-refractivity contribution in [2.45, 2.75) is 32.7 Å². The lowest BCUT2D eigenvalue weighted by Crippen LogP contribution is -2.15. The lowest BCUT2D eigenvalue weighted by Gasteiger charge is -2.16. The monoisotopic (exact) mass is 234 g/mol. The van der Waals surface area contributed by atoms with Crippen molar-refractivity contribution in [3.05, 3.63) is 46.5 Å². The van der Waals surface area contributed by atoms with E-state index < -0.39 is 0 Å². The maximum absolute atomic E-state index is 10.8. The summed E-state index contributed by atoms with van der Waals surface area (Å²) in [5.74, 6) is 0. The molecule has 4 heteroatoms. The first-order chi connectivity index (χ1) is 8.06. The van der Waals surface area contributed by atoms with Gasteiger partial charge in [-0.3, -0.25) is 10.1 Å². The van der Waals surface area contributed by atoms with Crippen LogP contribution in [0, 0.1) is 17.0 Å². The molecule has 1 atom stereocenters. The van der Waals surface area contributed by atoms with Crippen LogP contribution < -0.4 is 5.32 Å². The van der Waals surface area contributed by atoms with Gasteiger partial charge in [-0.25, -0.2) is 0 Å². The van der Waals surface area contributed by atoms with Crippen molar-refractivity contribution in [1.82, 2.24) is 0 Å². The summed E-state index contributed by atoms with van der Waals surface area (Å²) in [5.41, 5.74) is 1.67. The molecule has 0 spiro atoms. The van der Waals surface area contributed by atoms with Gasteiger partial charge >= 0.3 is 0 Å². The molecule has 1 aromatic rings. The van der Waals surface area contributed by atoms with Crippen molar-refractivity contribution in [2.75, 3.05) is 5.32 Å². The van der Waals surface area contributed by atoms with Crippen molar-refractivity contribution in [1.29, 1.82) is 0 Å². The molecule has 1 rings (SSSR count). The molecule has 92 valence electrons. The molecule has 0 aliphatic rings. The predicted octanol–water partition coefficient (Wildman–Crippen LogP) is 3.67. The van der Waals surface area contributed by atoms with E-state index >= 15 is 0 Å². The van der Waals surface area contributed by atoms with Crippen LogP contribution in [0.3, 0.4) is 0 Å². The van der Waals surface area contributed by atoms with E-state index in [1.807, 2.05) is 12.1 Å². The number of benzene rings is 1. The van der Waals surface area contributed by atoms with E-state index in [1.165, 1.54) is 6.07 Å². The molecule has 0 saturated heterocycles. The molecule has 0 saturated carbocycles. The lowest BCUT2D eigenvalue weighted by molar-refractivity contribution is -0.385. The topological polar surface area (TPSA) is 55.2 Å². The standard InChI is InChI=1S/C13H18N2O2/c1-4-5-7-10(2)14-12-8-6-9-13(11(12)3)15(16)17/h4,6,8-10,14H,1,5,7H2,2-3H3. The summed E-state index contributed by atoms with van der Waals surface area (Å²) >= 11 is 0. The minimum absolute atomic E-state index is 0.158. The van der Waals surface area contributed by atoms with Gasteiger partial charge in [-0.2, -0.15) is 0 Å². The molecule has 1 N–H and O–H groups in total. The quantitative estimate of drug-likeness (QED) is 0.464. The summed E-state index contributed by atoms with van der Waals surface area (Å²) in [6, 6.07) is 5.36. The van der Waals surface area contributed by atoms with Crippen LogP contribution in [0.1, 0.15) is 25.3 Å². The summed E-state index contributed by atoms with van der Waals surface area (Å²) in [6.45, 7) is 7.50. The summed E-state index contributed by atoms with van der Waals surface area (Å²) in [4.78, 5) is 10.4. The average Bonchev–Trinajstić information content (AvgIpc) is 2.28. The SMILES string of the molecule is C=CCCC(C)Nc1cccc([N+](=O)[O-])c1C. The van der Waals surface area contributed by atoms with E-state index in [1.54, 1.807) is 13.0 Å². The van der Waals surface area contributed by atoms with Gasteiger partial charge in [0.25, 0.3) is 5.69 Å². The average molecular weight is 234 g/mol. The summed E-state index contributed by atoms with van der Waals surface area (Å²) in [5, 5.41) is 14.1. The number of nitro benzene ring substituents is 1. The molecular formula is C13H18N2O2. The van der Waals surface area contributed by atoms with Gasteiger partial charge in [0, 0.05) is 23.4 Å². The van der Waals surface area contributed by atoms with Crippen LogP contribution >= 0.6 is 0 Å². The predicted molar refractivity (Wildman–Crippen MR) is 70.3 cm³/mol. The number of rotatable bonds is 6. The van der Waals surface area contributed by atoms with Crippen molar-refractivity contribution in [3.8, 4) is 0 Å². The maximum Gasteiger partial charge on any atom is 0.274 e. The number of hydrogen-bond donors (Lipinski definition) is 1. The highest BCUT2D eigenvalue weighted by molar-refractivity contribution is 5.60. The van der Waals surface area contributed by atoms with E-state index in [4.69, 9.17) is 0 Å². The summed E-state index contributed by atoms with van der Waals surface area (Å²) in [7, 11) is 0. The van der Waals surface area contributed by atoms with Crippen LogP contribution in [-0.2, 0) is 0 Å². The third kappa shape index (κ3) is 3.59. The fraction of sp³-hybridized carbons (Fsp3) is 0.385.